The third-order valence-corrected chi connectivity index (χ3v) is 2.08. The number of hydrogen-bond donors (Lipinski definition) is 1. The van der Waals surface area contributed by atoms with Crippen molar-refractivity contribution in [2.45, 2.75) is 12.8 Å². The second-order valence-electron chi connectivity index (χ2n) is 3.19. The summed E-state index contributed by atoms with van der Waals surface area (Å²) in [5.74, 6) is 0. The van der Waals surface area contributed by atoms with Crippen molar-refractivity contribution in [3.8, 4) is 0 Å². The number of nitro groups is 1. The highest BCUT2D eigenvalue weighted by molar-refractivity contribution is 5.42. The number of rotatable bonds is 6. The first-order valence-corrected chi connectivity index (χ1v) is 4.92. The third kappa shape index (κ3) is 3.55. The summed E-state index contributed by atoms with van der Waals surface area (Å²) in [7, 11) is 0. The van der Waals surface area contributed by atoms with E-state index in [2.05, 4.69) is 0 Å². The number of para-hydroxylation sites is 1. The SMILES string of the molecule is NCCCCN(c1ccccc1)[N+](=O)[O-]. The van der Waals surface area contributed by atoms with E-state index in [1.807, 2.05) is 6.07 Å². The van der Waals surface area contributed by atoms with E-state index >= 15 is 0 Å². The molecule has 0 heterocycles. The predicted octanol–water partition coefficient (Wildman–Crippen LogP) is 1.42. The van der Waals surface area contributed by atoms with Gasteiger partial charge >= 0.3 is 0 Å². The Balaban J connectivity index is 2.62. The van der Waals surface area contributed by atoms with Gasteiger partial charge in [-0.2, -0.15) is 0 Å². The first-order chi connectivity index (χ1) is 7.25. The summed E-state index contributed by atoms with van der Waals surface area (Å²) >= 11 is 0. The van der Waals surface area contributed by atoms with Gasteiger partial charge in [0.2, 0.25) is 0 Å². The molecule has 1 aromatic rings. The lowest BCUT2D eigenvalue weighted by molar-refractivity contribution is -0.494. The average molecular weight is 209 g/mol. The van der Waals surface area contributed by atoms with E-state index in [0.717, 1.165) is 17.9 Å². The maximum Gasteiger partial charge on any atom is 0.165 e. The third-order valence-electron chi connectivity index (χ3n) is 2.08. The van der Waals surface area contributed by atoms with E-state index in [-0.39, 0.29) is 5.03 Å². The lowest BCUT2D eigenvalue weighted by Crippen LogP contribution is -2.31. The van der Waals surface area contributed by atoms with Gasteiger partial charge < -0.3 is 5.73 Å². The molecule has 82 valence electrons. The molecule has 0 atom stereocenters. The van der Waals surface area contributed by atoms with E-state index in [1.54, 1.807) is 24.3 Å². The smallest absolute Gasteiger partial charge is 0.165 e. The number of hydrogen-bond acceptors (Lipinski definition) is 3. The fourth-order valence-corrected chi connectivity index (χ4v) is 1.31. The molecule has 0 radical (unpaired) electrons. The molecule has 2 N–H and O–H groups in total. The van der Waals surface area contributed by atoms with Gasteiger partial charge in [0.1, 0.15) is 5.69 Å². The molecule has 0 fully saturated rings. The van der Waals surface area contributed by atoms with Crippen molar-refractivity contribution < 1.29 is 5.03 Å². The summed E-state index contributed by atoms with van der Waals surface area (Å²) in [5, 5.41) is 11.6. The molecule has 1 aromatic carbocycles. The molecule has 0 saturated heterocycles. The second kappa shape index (κ2) is 5.98. The van der Waals surface area contributed by atoms with Crippen LogP contribution in [0.2, 0.25) is 0 Å². The van der Waals surface area contributed by atoms with Crippen molar-refractivity contribution in [2.75, 3.05) is 18.1 Å². The molecule has 5 nitrogen and oxygen atoms in total. The van der Waals surface area contributed by atoms with Gasteiger partial charge in [0.25, 0.3) is 0 Å². The molecule has 0 amide bonds. The maximum atomic E-state index is 10.8. The normalized spacial score (nSPS) is 9.93. The Morgan fingerprint density at radius 1 is 1.27 bits per heavy atom. The second-order valence-corrected chi connectivity index (χ2v) is 3.19. The minimum Gasteiger partial charge on any atom is -0.330 e. The van der Waals surface area contributed by atoms with Crippen molar-refractivity contribution in [3.63, 3.8) is 0 Å². The highest BCUT2D eigenvalue weighted by Gasteiger charge is 2.15. The van der Waals surface area contributed by atoms with Gasteiger partial charge in [-0.25, -0.2) is 10.1 Å². The van der Waals surface area contributed by atoms with Gasteiger partial charge in [0.15, 0.2) is 5.03 Å². The minimum absolute atomic E-state index is 0.383. The first kappa shape index (κ1) is 11.5. The molecule has 0 bridgehead atoms. The zero-order valence-electron chi connectivity index (χ0n) is 8.50. The Kier molecular flexibility index (Phi) is 4.56. The molecule has 15 heavy (non-hydrogen) atoms. The number of nitrogens with two attached hydrogens (primary N) is 1. The lowest BCUT2D eigenvalue weighted by atomic mass is 10.2. The molecule has 0 aliphatic rings. The number of hydrazine groups is 1. The molecule has 0 aromatic heterocycles. The van der Waals surface area contributed by atoms with E-state index in [1.165, 1.54) is 0 Å². The summed E-state index contributed by atoms with van der Waals surface area (Å²) in [6, 6.07) is 8.86. The van der Waals surface area contributed by atoms with Gasteiger partial charge in [-0.05, 0) is 31.5 Å². The molecule has 1 rings (SSSR count). The maximum absolute atomic E-state index is 10.8. The lowest BCUT2D eigenvalue weighted by Gasteiger charge is -2.13. The molecule has 0 spiro atoms. The van der Waals surface area contributed by atoms with Crippen LogP contribution in [0.5, 0.6) is 0 Å². The molecular formula is C10H15N3O2. The Morgan fingerprint density at radius 3 is 2.47 bits per heavy atom. The van der Waals surface area contributed by atoms with Crippen LogP contribution in [0.4, 0.5) is 5.69 Å². The van der Waals surface area contributed by atoms with E-state index < -0.39 is 0 Å². The average Bonchev–Trinajstić information content (AvgIpc) is 2.25. The zero-order chi connectivity index (χ0) is 11.1. The van der Waals surface area contributed by atoms with Crippen LogP contribution in [0.15, 0.2) is 30.3 Å². The number of benzene rings is 1. The monoisotopic (exact) mass is 209 g/mol. The molecule has 0 aliphatic carbocycles. The van der Waals surface area contributed by atoms with Crippen molar-refractivity contribution in [1.29, 1.82) is 0 Å². The fraction of sp³-hybridized carbons (Fsp3) is 0.400. The van der Waals surface area contributed by atoms with Crippen molar-refractivity contribution in [2.24, 2.45) is 5.73 Å². The van der Waals surface area contributed by atoms with Gasteiger partial charge in [-0.3, -0.25) is 0 Å². The summed E-state index contributed by atoms with van der Waals surface area (Å²) < 4.78 is 0. The number of nitrogens with zero attached hydrogens (tertiary/aromatic N) is 2. The summed E-state index contributed by atoms with van der Waals surface area (Å²) in [6.07, 6.45) is 1.53. The highest BCUT2D eigenvalue weighted by atomic mass is 16.7. The first-order valence-electron chi connectivity index (χ1n) is 4.92. The van der Waals surface area contributed by atoms with Crippen LogP contribution in [0, 0.1) is 10.1 Å². The molecule has 0 aliphatic heterocycles. The van der Waals surface area contributed by atoms with Gasteiger partial charge in [0.05, 0.1) is 6.54 Å². The molecule has 5 heteroatoms. The number of anilines is 1. The van der Waals surface area contributed by atoms with Crippen LogP contribution >= 0.6 is 0 Å². The Morgan fingerprint density at radius 2 is 1.93 bits per heavy atom. The summed E-state index contributed by atoms with van der Waals surface area (Å²) in [5.41, 5.74) is 5.95. The molecule has 0 saturated carbocycles. The molecular weight excluding hydrogens is 194 g/mol. The van der Waals surface area contributed by atoms with Gasteiger partial charge in [-0.1, -0.05) is 23.2 Å². The van der Waals surface area contributed by atoms with Gasteiger partial charge in [0, 0.05) is 0 Å². The molecule has 0 unspecified atom stereocenters. The van der Waals surface area contributed by atoms with Crippen molar-refractivity contribution in [3.05, 3.63) is 40.4 Å². The Bertz CT molecular complexity index is 303. The van der Waals surface area contributed by atoms with Crippen LogP contribution in [0.1, 0.15) is 12.8 Å². The van der Waals surface area contributed by atoms with Crippen LogP contribution in [0.3, 0.4) is 0 Å². The summed E-state index contributed by atoms with van der Waals surface area (Å²) in [4.78, 5) is 10.8. The number of unbranched alkanes of at least 4 members (excludes halogenated alkanes) is 1. The predicted molar refractivity (Wildman–Crippen MR) is 59.1 cm³/mol. The topological polar surface area (TPSA) is 72.4 Å². The zero-order valence-corrected chi connectivity index (χ0v) is 8.50. The van der Waals surface area contributed by atoms with Crippen LogP contribution in [-0.2, 0) is 0 Å². The van der Waals surface area contributed by atoms with E-state index in [0.29, 0.717) is 18.8 Å². The Hall–Kier alpha value is -1.62. The van der Waals surface area contributed by atoms with E-state index in [9.17, 15) is 10.1 Å². The van der Waals surface area contributed by atoms with Crippen molar-refractivity contribution in [1.82, 2.24) is 0 Å². The van der Waals surface area contributed by atoms with Crippen LogP contribution in [0.25, 0.3) is 0 Å². The quantitative estimate of drug-likeness (QED) is 0.437. The Labute approximate surface area is 88.6 Å². The highest BCUT2D eigenvalue weighted by Crippen LogP contribution is 2.13. The van der Waals surface area contributed by atoms with Crippen LogP contribution in [-0.4, -0.2) is 18.1 Å². The standard InChI is InChI=1S/C10H15N3O2/c11-8-4-5-9-12(13(14)15)10-6-2-1-3-7-10/h1-3,6-7H,4-5,8-9,11H2. The largest absolute Gasteiger partial charge is 0.330 e. The summed E-state index contributed by atoms with van der Waals surface area (Å²) in [6.45, 7) is 0.967. The van der Waals surface area contributed by atoms with Crippen LogP contribution < -0.4 is 10.7 Å². The van der Waals surface area contributed by atoms with Crippen molar-refractivity contribution >= 4 is 5.69 Å². The fourth-order valence-electron chi connectivity index (χ4n) is 1.31. The van der Waals surface area contributed by atoms with E-state index in [4.69, 9.17) is 5.73 Å². The van der Waals surface area contributed by atoms with Gasteiger partial charge in [-0.15, -0.1) is 0 Å². The minimum atomic E-state index is -0.383.